The summed E-state index contributed by atoms with van der Waals surface area (Å²) in [6.45, 7) is 0.604. The SMILES string of the molecule is O=C1CCC/C=C/CCCCO1. The van der Waals surface area contributed by atoms with Crippen LogP contribution in [0.4, 0.5) is 0 Å². The van der Waals surface area contributed by atoms with Gasteiger partial charge in [0, 0.05) is 6.42 Å². The lowest BCUT2D eigenvalue weighted by Gasteiger charge is -2.01. The van der Waals surface area contributed by atoms with Crippen LogP contribution >= 0.6 is 0 Å². The summed E-state index contributed by atoms with van der Waals surface area (Å²) in [5.74, 6) is -0.0368. The minimum absolute atomic E-state index is 0.0368. The molecule has 0 aromatic heterocycles. The van der Waals surface area contributed by atoms with Gasteiger partial charge in [0.05, 0.1) is 6.61 Å². The predicted octanol–water partition coefficient (Wildman–Crippen LogP) is 2.44. The molecular weight excluding hydrogens is 152 g/mol. The van der Waals surface area contributed by atoms with Gasteiger partial charge in [-0.15, -0.1) is 0 Å². The van der Waals surface area contributed by atoms with Crippen molar-refractivity contribution >= 4 is 5.97 Å². The normalized spacial score (nSPS) is 23.8. The zero-order valence-corrected chi connectivity index (χ0v) is 7.42. The summed E-state index contributed by atoms with van der Waals surface area (Å²) in [7, 11) is 0. The zero-order valence-electron chi connectivity index (χ0n) is 7.42. The molecule has 0 aromatic rings. The van der Waals surface area contributed by atoms with Crippen molar-refractivity contribution in [2.24, 2.45) is 0 Å². The van der Waals surface area contributed by atoms with Gasteiger partial charge < -0.3 is 4.74 Å². The predicted molar refractivity (Wildman–Crippen MR) is 47.8 cm³/mol. The van der Waals surface area contributed by atoms with Crippen molar-refractivity contribution < 1.29 is 9.53 Å². The van der Waals surface area contributed by atoms with Crippen molar-refractivity contribution in [3.05, 3.63) is 12.2 Å². The Bertz CT molecular complexity index is 161. The van der Waals surface area contributed by atoms with Gasteiger partial charge in [-0.2, -0.15) is 0 Å². The van der Waals surface area contributed by atoms with Crippen LogP contribution in [-0.2, 0) is 9.53 Å². The van der Waals surface area contributed by atoms with Crippen LogP contribution < -0.4 is 0 Å². The Labute approximate surface area is 73.6 Å². The molecule has 0 radical (unpaired) electrons. The molecule has 0 aliphatic carbocycles. The van der Waals surface area contributed by atoms with Crippen LogP contribution in [0.15, 0.2) is 12.2 Å². The molecule has 0 saturated heterocycles. The summed E-state index contributed by atoms with van der Waals surface area (Å²) >= 11 is 0. The van der Waals surface area contributed by atoms with Crippen LogP contribution in [0.3, 0.4) is 0 Å². The van der Waals surface area contributed by atoms with Gasteiger partial charge in [-0.05, 0) is 32.1 Å². The highest BCUT2D eigenvalue weighted by Gasteiger charge is 2.01. The van der Waals surface area contributed by atoms with Crippen LogP contribution in [0.5, 0.6) is 0 Å². The highest BCUT2D eigenvalue weighted by atomic mass is 16.5. The van der Waals surface area contributed by atoms with Crippen molar-refractivity contribution in [2.45, 2.75) is 38.5 Å². The third kappa shape index (κ3) is 4.16. The van der Waals surface area contributed by atoms with E-state index < -0.39 is 0 Å². The van der Waals surface area contributed by atoms with Gasteiger partial charge in [0.1, 0.15) is 0 Å². The Kier molecular flexibility index (Phi) is 4.50. The Morgan fingerprint density at radius 2 is 1.83 bits per heavy atom. The second-order valence-corrected chi connectivity index (χ2v) is 3.08. The average Bonchev–Trinajstić information content (AvgIpc) is 2.11. The minimum Gasteiger partial charge on any atom is -0.466 e. The van der Waals surface area contributed by atoms with E-state index in [0.717, 1.165) is 32.1 Å². The average molecular weight is 168 g/mol. The molecule has 68 valence electrons. The van der Waals surface area contributed by atoms with Crippen molar-refractivity contribution in [2.75, 3.05) is 6.61 Å². The summed E-state index contributed by atoms with van der Waals surface area (Å²) in [6, 6.07) is 0. The lowest BCUT2D eigenvalue weighted by molar-refractivity contribution is -0.143. The number of allylic oxidation sites excluding steroid dienone is 2. The zero-order chi connectivity index (χ0) is 8.65. The molecule has 2 nitrogen and oxygen atoms in total. The summed E-state index contributed by atoms with van der Waals surface area (Å²) in [6.07, 6.45) is 10.1. The largest absolute Gasteiger partial charge is 0.466 e. The standard InChI is InChI=1S/C10H16O2/c11-10-8-6-4-2-1-3-5-7-9-12-10/h1-2H,3-9H2/b2-1+. The molecule has 1 aliphatic heterocycles. The molecule has 0 amide bonds. The molecular formula is C10H16O2. The summed E-state index contributed by atoms with van der Waals surface area (Å²) < 4.78 is 5.01. The summed E-state index contributed by atoms with van der Waals surface area (Å²) in [4.78, 5) is 11.0. The van der Waals surface area contributed by atoms with E-state index in [-0.39, 0.29) is 5.97 Å². The van der Waals surface area contributed by atoms with Crippen LogP contribution in [-0.4, -0.2) is 12.6 Å². The molecule has 12 heavy (non-hydrogen) atoms. The van der Waals surface area contributed by atoms with E-state index in [2.05, 4.69) is 12.2 Å². The van der Waals surface area contributed by atoms with E-state index in [1.54, 1.807) is 0 Å². The van der Waals surface area contributed by atoms with Crippen molar-refractivity contribution in [1.29, 1.82) is 0 Å². The molecule has 1 rings (SSSR count). The Morgan fingerprint density at radius 3 is 2.67 bits per heavy atom. The summed E-state index contributed by atoms with van der Waals surface area (Å²) in [5.41, 5.74) is 0. The molecule has 0 N–H and O–H groups in total. The molecule has 0 spiro atoms. The fraction of sp³-hybridized carbons (Fsp3) is 0.700. The van der Waals surface area contributed by atoms with Gasteiger partial charge in [-0.1, -0.05) is 12.2 Å². The number of carbonyl (C=O) groups excluding carboxylic acids is 1. The highest BCUT2D eigenvalue weighted by molar-refractivity contribution is 5.69. The molecule has 1 aliphatic rings. The van der Waals surface area contributed by atoms with E-state index in [1.807, 2.05) is 0 Å². The van der Waals surface area contributed by atoms with Gasteiger partial charge in [-0.25, -0.2) is 0 Å². The third-order valence-corrected chi connectivity index (χ3v) is 1.95. The van der Waals surface area contributed by atoms with Gasteiger partial charge in [0.25, 0.3) is 0 Å². The maximum absolute atomic E-state index is 11.0. The number of ether oxygens (including phenoxy) is 1. The smallest absolute Gasteiger partial charge is 0.305 e. The maximum atomic E-state index is 11.0. The van der Waals surface area contributed by atoms with Crippen molar-refractivity contribution in [3.8, 4) is 0 Å². The van der Waals surface area contributed by atoms with Gasteiger partial charge >= 0.3 is 5.97 Å². The first-order chi connectivity index (χ1) is 5.89. The minimum atomic E-state index is -0.0368. The molecule has 0 saturated carbocycles. The Hall–Kier alpha value is -0.790. The van der Waals surface area contributed by atoms with Gasteiger partial charge in [0.2, 0.25) is 0 Å². The second-order valence-electron chi connectivity index (χ2n) is 3.08. The van der Waals surface area contributed by atoms with Crippen LogP contribution in [0.25, 0.3) is 0 Å². The lowest BCUT2D eigenvalue weighted by Crippen LogP contribution is -2.04. The van der Waals surface area contributed by atoms with E-state index in [4.69, 9.17) is 4.74 Å². The lowest BCUT2D eigenvalue weighted by atomic mass is 10.2. The number of rotatable bonds is 0. The first-order valence-corrected chi connectivity index (χ1v) is 4.70. The first-order valence-electron chi connectivity index (χ1n) is 4.70. The fourth-order valence-electron chi connectivity index (χ4n) is 1.22. The summed E-state index contributed by atoms with van der Waals surface area (Å²) in [5, 5.41) is 0. The first kappa shape index (κ1) is 9.30. The molecule has 0 fully saturated rings. The molecule has 0 bridgehead atoms. The third-order valence-electron chi connectivity index (χ3n) is 1.95. The van der Waals surface area contributed by atoms with E-state index in [1.165, 1.54) is 0 Å². The van der Waals surface area contributed by atoms with E-state index >= 15 is 0 Å². The van der Waals surface area contributed by atoms with Crippen LogP contribution in [0.1, 0.15) is 38.5 Å². The number of hydrogen-bond donors (Lipinski definition) is 0. The van der Waals surface area contributed by atoms with Gasteiger partial charge in [-0.3, -0.25) is 4.79 Å². The van der Waals surface area contributed by atoms with Crippen molar-refractivity contribution in [3.63, 3.8) is 0 Å². The number of carbonyl (C=O) groups is 1. The number of esters is 1. The monoisotopic (exact) mass is 168 g/mol. The van der Waals surface area contributed by atoms with E-state index in [0.29, 0.717) is 13.0 Å². The topological polar surface area (TPSA) is 26.3 Å². The van der Waals surface area contributed by atoms with Crippen LogP contribution in [0.2, 0.25) is 0 Å². The maximum Gasteiger partial charge on any atom is 0.305 e. The van der Waals surface area contributed by atoms with Crippen LogP contribution in [0, 0.1) is 0 Å². The number of cyclic esters (lactones) is 1. The molecule has 0 aromatic carbocycles. The van der Waals surface area contributed by atoms with Gasteiger partial charge in [0.15, 0.2) is 0 Å². The molecule has 1 heterocycles. The Balaban J connectivity index is 2.26. The second kappa shape index (κ2) is 5.81. The molecule has 0 atom stereocenters. The number of hydrogen-bond acceptors (Lipinski definition) is 2. The highest BCUT2D eigenvalue weighted by Crippen LogP contribution is 2.05. The van der Waals surface area contributed by atoms with E-state index in [9.17, 15) is 4.79 Å². The molecule has 2 heteroatoms. The fourth-order valence-corrected chi connectivity index (χ4v) is 1.22. The van der Waals surface area contributed by atoms with Crippen molar-refractivity contribution in [1.82, 2.24) is 0 Å². The quantitative estimate of drug-likeness (QED) is 0.410. The molecule has 0 unspecified atom stereocenters. The Morgan fingerprint density at radius 1 is 1.08 bits per heavy atom.